The highest BCUT2D eigenvalue weighted by Gasteiger charge is 2.26. The number of fused-ring (bicyclic) bond motifs is 1. The molecule has 0 bridgehead atoms. The molecule has 0 saturated heterocycles. The summed E-state index contributed by atoms with van der Waals surface area (Å²) in [7, 11) is -4.58. The number of carbonyl (C=O) groups is 1. The SMILES string of the molecule is O=C(O)[C@H]1CSC(c2nc3ccc(OS(=O)(=O)O)cc3s2)=N1. The first-order valence-electron chi connectivity index (χ1n) is 5.83. The minimum absolute atomic E-state index is 0.0328. The Morgan fingerprint density at radius 1 is 1.41 bits per heavy atom. The molecule has 2 aromatic rings. The second kappa shape index (κ2) is 5.50. The summed E-state index contributed by atoms with van der Waals surface area (Å²) in [5, 5.41) is 10.0. The van der Waals surface area contributed by atoms with Crippen LogP contribution in [0.4, 0.5) is 0 Å². The Bertz CT molecular complexity index is 888. The lowest BCUT2D eigenvalue weighted by Gasteiger charge is -1.99. The first kappa shape index (κ1) is 15.2. The average molecular weight is 360 g/mol. The number of hydrogen-bond donors (Lipinski definition) is 2. The van der Waals surface area contributed by atoms with Crippen LogP contribution < -0.4 is 4.18 Å². The zero-order chi connectivity index (χ0) is 15.9. The lowest BCUT2D eigenvalue weighted by Crippen LogP contribution is -2.17. The van der Waals surface area contributed by atoms with Crippen LogP contribution in [0, 0.1) is 0 Å². The quantitative estimate of drug-likeness (QED) is 0.784. The molecule has 0 aliphatic carbocycles. The van der Waals surface area contributed by atoms with E-state index in [9.17, 15) is 13.2 Å². The van der Waals surface area contributed by atoms with E-state index in [4.69, 9.17) is 9.66 Å². The second-order valence-corrected chi connectivity index (χ2v) is 7.32. The number of carboxylic acids is 1. The number of thiazole rings is 1. The largest absolute Gasteiger partial charge is 0.480 e. The Hall–Kier alpha value is -1.69. The predicted molar refractivity (Wildman–Crippen MR) is 82.2 cm³/mol. The Kier molecular flexibility index (Phi) is 3.80. The van der Waals surface area contributed by atoms with Gasteiger partial charge in [0, 0.05) is 11.8 Å². The van der Waals surface area contributed by atoms with Crippen molar-refractivity contribution in [1.29, 1.82) is 0 Å². The van der Waals surface area contributed by atoms with Gasteiger partial charge in [0.1, 0.15) is 15.8 Å². The molecule has 0 spiro atoms. The van der Waals surface area contributed by atoms with Gasteiger partial charge in [-0.3, -0.25) is 9.55 Å². The van der Waals surface area contributed by atoms with Gasteiger partial charge in [-0.1, -0.05) is 0 Å². The number of benzene rings is 1. The topological polar surface area (TPSA) is 126 Å². The Morgan fingerprint density at radius 2 is 2.18 bits per heavy atom. The van der Waals surface area contributed by atoms with Crippen LogP contribution in [0.2, 0.25) is 0 Å². The lowest BCUT2D eigenvalue weighted by atomic mass is 10.3. The third-order valence-corrected chi connectivity index (χ3v) is 5.29. The molecule has 2 heterocycles. The molecule has 0 saturated carbocycles. The normalized spacial score (nSPS) is 18.4. The van der Waals surface area contributed by atoms with Crippen molar-refractivity contribution in [3.63, 3.8) is 0 Å². The van der Waals surface area contributed by atoms with Crippen LogP contribution in [0.1, 0.15) is 5.01 Å². The minimum atomic E-state index is -4.58. The highest BCUT2D eigenvalue weighted by molar-refractivity contribution is 8.15. The summed E-state index contributed by atoms with van der Waals surface area (Å²) in [6.45, 7) is 0. The number of nitrogens with zero attached hydrogens (tertiary/aromatic N) is 2. The number of aliphatic carboxylic acids is 1. The first-order chi connectivity index (χ1) is 10.3. The fourth-order valence-corrected chi connectivity index (χ4v) is 4.23. The molecule has 11 heteroatoms. The number of aliphatic imine (C=N–C) groups is 1. The molecule has 1 aliphatic rings. The summed E-state index contributed by atoms with van der Waals surface area (Å²) in [5.74, 6) is -0.653. The molecule has 1 aromatic heterocycles. The van der Waals surface area contributed by atoms with E-state index in [0.717, 1.165) is 0 Å². The smallest absolute Gasteiger partial charge is 0.446 e. The summed E-state index contributed by atoms with van der Waals surface area (Å²) in [6.07, 6.45) is 0. The molecule has 0 fully saturated rings. The number of thioether (sulfide) groups is 1. The van der Waals surface area contributed by atoms with Crippen molar-refractivity contribution in [1.82, 2.24) is 4.98 Å². The van der Waals surface area contributed by atoms with Gasteiger partial charge < -0.3 is 9.29 Å². The molecule has 8 nitrogen and oxygen atoms in total. The zero-order valence-electron chi connectivity index (χ0n) is 10.7. The van der Waals surface area contributed by atoms with E-state index >= 15 is 0 Å². The van der Waals surface area contributed by atoms with E-state index in [1.165, 1.54) is 35.2 Å². The maximum atomic E-state index is 10.9. The number of hydrogen-bond acceptors (Lipinski definition) is 8. The van der Waals surface area contributed by atoms with Crippen molar-refractivity contribution in [3.8, 4) is 5.75 Å². The van der Waals surface area contributed by atoms with Gasteiger partial charge in [-0.2, -0.15) is 8.42 Å². The summed E-state index contributed by atoms with van der Waals surface area (Å²) in [4.78, 5) is 19.3. The highest BCUT2D eigenvalue weighted by Crippen LogP contribution is 2.31. The lowest BCUT2D eigenvalue weighted by molar-refractivity contribution is -0.137. The summed E-state index contributed by atoms with van der Waals surface area (Å²) < 4.78 is 35.1. The molecule has 0 radical (unpaired) electrons. The Balaban J connectivity index is 1.94. The maximum absolute atomic E-state index is 10.9. The fourth-order valence-electron chi connectivity index (χ4n) is 1.79. The Morgan fingerprint density at radius 3 is 2.82 bits per heavy atom. The monoisotopic (exact) mass is 360 g/mol. The van der Waals surface area contributed by atoms with E-state index < -0.39 is 22.4 Å². The number of carboxylic acid groups (broad SMARTS) is 1. The van der Waals surface area contributed by atoms with Crippen molar-refractivity contribution >= 4 is 54.7 Å². The van der Waals surface area contributed by atoms with Gasteiger partial charge in [-0.15, -0.1) is 23.1 Å². The van der Waals surface area contributed by atoms with E-state index in [2.05, 4.69) is 14.2 Å². The second-order valence-electron chi connectivity index (χ2n) is 4.26. The van der Waals surface area contributed by atoms with E-state index in [0.29, 0.717) is 26.0 Å². The van der Waals surface area contributed by atoms with Crippen molar-refractivity contribution in [2.75, 3.05) is 5.75 Å². The predicted octanol–water partition coefficient (Wildman–Crippen LogP) is 1.42. The van der Waals surface area contributed by atoms with Crippen molar-refractivity contribution in [2.45, 2.75) is 6.04 Å². The molecule has 3 rings (SSSR count). The summed E-state index contributed by atoms with van der Waals surface area (Å²) in [5.41, 5.74) is 0.602. The fraction of sp³-hybridized carbons (Fsp3) is 0.182. The van der Waals surface area contributed by atoms with Gasteiger partial charge in [0.05, 0.1) is 10.2 Å². The molecule has 0 unspecified atom stereocenters. The van der Waals surface area contributed by atoms with Crippen LogP contribution in [0.15, 0.2) is 23.2 Å². The third kappa shape index (κ3) is 3.21. The van der Waals surface area contributed by atoms with Crippen molar-refractivity contribution in [3.05, 3.63) is 23.2 Å². The Labute approximate surface area is 132 Å². The number of aromatic nitrogens is 1. The summed E-state index contributed by atoms with van der Waals surface area (Å²) >= 11 is 2.55. The molecule has 0 amide bonds. The zero-order valence-corrected chi connectivity index (χ0v) is 13.1. The third-order valence-electron chi connectivity index (χ3n) is 2.68. The molecule has 22 heavy (non-hydrogen) atoms. The van der Waals surface area contributed by atoms with Crippen LogP contribution in [-0.4, -0.2) is 45.9 Å². The standard InChI is InChI=1S/C11H8N2O6S3/c14-11(15)7-4-20-9(13-7)10-12-6-2-1-5(3-8(6)21-10)19-22(16,17)18/h1-3,7H,4H2,(H,14,15)(H,16,17,18)/t7-/m1/s1. The van der Waals surface area contributed by atoms with Gasteiger partial charge in [0.15, 0.2) is 6.04 Å². The van der Waals surface area contributed by atoms with Crippen molar-refractivity contribution in [2.24, 2.45) is 4.99 Å². The molecule has 1 aliphatic heterocycles. The van der Waals surface area contributed by atoms with Gasteiger partial charge in [-0.25, -0.2) is 9.78 Å². The van der Waals surface area contributed by atoms with Crippen LogP contribution in [0.3, 0.4) is 0 Å². The van der Waals surface area contributed by atoms with Crippen molar-refractivity contribution < 1.29 is 27.1 Å². The van der Waals surface area contributed by atoms with Gasteiger partial charge in [0.25, 0.3) is 0 Å². The minimum Gasteiger partial charge on any atom is -0.480 e. The molecule has 1 atom stereocenters. The van der Waals surface area contributed by atoms with Gasteiger partial charge in [0.2, 0.25) is 0 Å². The van der Waals surface area contributed by atoms with Gasteiger partial charge in [-0.05, 0) is 12.1 Å². The van der Waals surface area contributed by atoms with Crippen LogP contribution >= 0.6 is 23.1 Å². The maximum Gasteiger partial charge on any atom is 0.446 e. The molecular weight excluding hydrogens is 352 g/mol. The van der Waals surface area contributed by atoms with E-state index in [-0.39, 0.29) is 5.75 Å². The highest BCUT2D eigenvalue weighted by atomic mass is 32.3. The molecule has 2 N–H and O–H groups in total. The van der Waals surface area contributed by atoms with Gasteiger partial charge >= 0.3 is 16.4 Å². The van der Waals surface area contributed by atoms with E-state index in [1.54, 1.807) is 6.07 Å². The van der Waals surface area contributed by atoms with Crippen LogP contribution in [0.25, 0.3) is 10.2 Å². The average Bonchev–Trinajstić information content (AvgIpc) is 3.02. The summed E-state index contributed by atoms with van der Waals surface area (Å²) in [6, 6.07) is 3.57. The van der Waals surface area contributed by atoms with E-state index in [1.807, 2.05) is 0 Å². The van der Waals surface area contributed by atoms with Crippen LogP contribution in [-0.2, 0) is 15.2 Å². The first-order valence-corrected chi connectivity index (χ1v) is 9.00. The molecular formula is C11H8N2O6S3. The number of rotatable bonds is 4. The molecule has 1 aromatic carbocycles. The molecule has 116 valence electrons. The van der Waals surface area contributed by atoms with Crippen LogP contribution in [0.5, 0.6) is 5.75 Å².